The van der Waals surface area contributed by atoms with E-state index in [1.54, 1.807) is 62.8 Å². The third-order valence-electron chi connectivity index (χ3n) is 9.51. The van der Waals surface area contributed by atoms with Crippen molar-refractivity contribution in [2.75, 3.05) is 14.2 Å². The molecule has 0 radical (unpaired) electrons. The molecule has 7 heteroatoms. The van der Waals surface area contributed by atoms with Crippen molar-refractivity contribution in [1.29, 1.82) is 0 Å². The summed E-state index contributed by atoms with van der Waals surface area (Å²) >= 11 is 0. The highest BCUT2D eigenvalue weighted by Crippen LogP contribution is 2.36. The molecule has 6 rings (SSSR count). The van der Waals surface area contributed by atoms with E-state index >= 15 is 0 Å². The van der Waals surface area contributed by atoms with Crippen LogP contribution in [0.1, 0.15) is 49.9 Å². The Hall–Kier alpha value is -5.53. The largest absolute Gasteiger partial charge is 0.497 e. The van der Waals surface area contributed by atoms with Crippen molar-refractivity contribution in [3.05, 3.63) is 168 Å². The lowest BCUT2D eigenvalue weighted by atomic mass is 9.78. The van der Waals surface area contributed by atoms with Gasteiger partial charge in [-0.3, -0.25) is 0 Å². The SMILES string of the molecule is COc1ccc(C(C)(C)c2ccc(Oc3ccc(S(=O)(=O)c4ccc(Oc5ccc(C(C)(C)c6ccc(OC)cc6)cc5)cc4)cc3)cc2)cc1. The van der Waals surface area contributed by atoms with E-state index in [9.17, 15) is 8.42 Å². The zero-order valence-electron chi connectivity index (χ0n) is 29.7. The maximum Gasteiger partial charge on any atom is 0.206 e. The molecule has 0 unspecified atom stereocenters. The number of sulfone groups is 1. The summed E-state index contributed by atoms with van der Waals surface area (Å²) in [6.07, 6.45) is 0. The standard InChI is InChI=1S/C44H42O6S/c1-43(2,31-7-15-35(47-5)16-8-31)33-11-19-37(20-12-33)49-39-23-27-41(28-24-39)51(45,46)42-29-25-40(26-30-42)50-38-21-13-34(14-22-38)44(3,4)32-9-17-36(48-6)18-10-32/h7-30H,1-6H3. The van der Waals surface area contributed by atoms with Crippen LogP contribution in [-0.4, -0.2) is 22.6 Å². The summed E-state index contributed by atoms with van der Waals surface area (Å²) in [7, 11) is -0.430. The molecule has 0 atom stereocenters. The fourth-order valence-electron chi connectivity index (χ4n) is 6.01. The molecule has 0 bridgehead atoms. The van der Waals surface area contributed by atoms with Crippen molar-refractivity contribution in [3.63, 3.8) is 0 Å². The predicted molar refractivity (Wildman–Crippen MR) is 202 cm³/mol. The lowest BCUT2D eigenvalue weighted by molar-refractivity contribution is 0.414. The van der Waals surface area contributed by atoms with Gasteiger partial charge in [-0.1, -0.05) is 76.2 Å². The summed E-state index contributed by atoms with van der Waals surface area (Å²) in [4.78, 5) is 0.352. The van der Waals surface area contributed by atoms with Crippen molar-refractivity contribution in [2.45, 2.75) is 48.3 Å². The topological polar surface area (TPSA) is 71.1 Å². The van der Waals surface area contributed by atoms with Crippen LogP contribution >= 0.6 is 0 Å². The molecule has 0 saturated carbocycles. The van der Waals surface area contributed by atoms with Crippen LogP contribution in [-0.2, 0) is 20.7 Å². The van der Waals surface area contributed by atoms with Gasteiger partial charge in [0.15, 0.2) is 0 Å². The van der Waals surface area contributed by atoms with E-state index in [1.807, 2.05) is 72.8 Å². The summed E-state index contributed by atoms with van der Waals surface area (Å²) in [5, 5.41) is 0. The van der Waals surface area contributed by atoms with E-state index in [0.29, 0.717) is 23.0 Å². The Labute approximate surface area is 301 Å². The Morgan fingerprint density at radius 1 is 0.353 bits per heavy atom. The van der Waals surface area contributed by atoms with E-state index in [1.165, 1.54) is 11.1 Å². The molecule has 51 heavy (non-hydrogen) atoms. The summed E-state index contributed by atoms with van der Waals surface area (Å²) in [6, 6.07) is 45.0. The average molecular weight is 699 g/mol. The molecule has 260 valence electrons. The van der Waals surface area contributed by atoms with Gasteiger partial charge in [0.25, 0.3) is 0 Å². The first-order valence-corrected chi connectivity index (χ1v) is 18.2. The number of methoxy groups -OCH3 is 2. The van der Waals surface area contributed by atoms with Crippen molar-refractivity contribution >= 4 is 9.84 Å². The molecule has 0 saturated heterocycles. The first-order chi connectivity index (χ1) is 24.4. The highest BCUT2D eigenvalue weighted by molar-refractivity contribution is 7.91. The molecule has 6 aromatic rings. The smallest absolute Gasteiger partial charge is 0.206 e. The highest BCUT2D eigenvalue weighted by Gasteiger charge is 2.25. The van der Waals surface area contributed by atoms with Gasteiger partial charge in [0.2, 0.25) is 9.84 Å². The molecular formula is C44H42O6S. The highest BCUT2D eigenvalue weighted by atomic mass is 32.2. The van der Waals surface area contributed by atoms with Crippen LogP contribution in [0.2, 0.25) is 0 Å². The van der Waals surface area contributed by atoms with Crippen LogP contribution in [0.4, 0.5) is 0 Å². The van der Waals surface area contributed by atoms with Crippen LogP contribution in [0.3, 0.4) is 0 Å². The quantitative estimate of drug-likeness (QED) is 0.127. The zero-order valence-corrected chi connectivity index (χ0v) is 30.5. The van der Waals surface area contributed by atoms with Gasteiger partial charge in [0.1, 0.15) is 34.5 Å². The number of hydrogen-bond donors (Lipinski definition) is 0. The van der Waals surface area contributed by atoms with Crippen molar-refractivity contribution in [2.24, 2.45) is 0 Å². The normalized spacial score (nSPS) is 11.9. The Morgan fingerprint density at radius 3 is 0.804 bits per heavy atom. The Balaban J connectivity index is 1.08. The Morgan fingerprint density at radius 2 is 0.569 bits per heavy atom. The second-order valence-corrected chi connectivity index (χ2v) is 15.4. The second kappa shape index (κ2) is 14.4. The van der Waals surface area contributed by atoms with Crippen LogP contribution in [0.25, 0.3) is 0 Å². The maximum atomic E-state index is 13.4. The fourth-order valence-corrected chi connectivity index (χ4v) is 7.27. The first-order valence-electron chi connectivity index (χ1n) is 16.7. The summed E-state index contributed by atoms with van der Waals surface area (Å²) in [5.74, 6) is 4.04. The van der Waals surface area contributed by atoms with Gasteiger partial charge in [-0.15, -0.1) is 0 Å². The van der Waals surface area contributed by atoms with Crippen LogP contribution in [0, 0.1) is 0 Å². The number of hydrogen-bond acceptors (Lipinski definition) is 6. The van der Waals surface area contributed by atoms with Crippen molar-refractivity contribution in [1.82, 2.24) is 0 Å². The molecule has 0 aromatic heterocycles. The first kappa shape index (κ1) is 35.3. The number of rotatable bonds is 12. The molecule has 0 amide bonds. The van der Waals surface area contributed by atoms with E-state index in [-0.39, 0.29) is 20.6 Å². The molecule has 0 N–H and O–H groups in total. The molecule has 6 nitrogen and oxygen atoms in total. The minimum absolute atomic E-state index is 0.176. The zero-order chi connectivity index (χ0) is 36.2. The summed E-state index contributed by atoms with van der Waals surface area (Å²) < 4.78 is 49.6. The van der Waals surface area contributed by atoms with E-state index < -0.39 is 9.84 Å². The predicted octanol–water partition coefficient (Wildman–Crippen LogP) is 10.8. The molecular weight excluding hydrogens is 657 g/mol. The molecule has 0 aliphatic rings. The van der Waals surface area contributed by atoms with E-state index in [4.69, 9.17) is 18.9 Å². The van der Waals surface area contributed by atoms with Crippen LogP contribution in [0.15, 0.2) is 155 Å². The third kappa shape index (κ3) is 7.64. The molecule has 0 heterocycles. The van der Waals surface area contributed by atoms with E-state index in [2.05, 4.69) is 52.0 Å². The van der Waals surface area contributed by atoms with Crippen LogP contribution in [0.5, 0.6) is 34.5 Å². The monoisotopic (exact) mass is 698 g/mol. The maximum absolute atomic E-state index is 13.4. The molecule has 0 fully saturated rings. The molecule has 0 aliphatic heterocycles. The van der Waals surface area contributed by atoms with Crippen molar-refractivity contribution < 1.29 is 27.4 Å². The van der Waals surface area contributed by atoms with Crippen LogP contribution < -0.4 is 18.9 Å². The van der Waals surface area contributed by atoms with Gasteiger partial charge < -0.3 is 18.9 Å². The molecule has 0 aliphatic carbocycles. The number of benzene rings is 6. The fraction of sp³-hybridized carbons (Fsp3) is 0.182. The average Bonchev–Trinajstić information content (AvgIpc) is 3.16. The lowest BCUT2D eigenvalue weighted by Crippen LogP contribution is -2.18. The lowest BCUT2D eigenvalue weighted by Gasteiger charge is -2.26. The van der Waals surface area contributed by atoms with Gasteiger partial charge in [-0.25, -0.2) is 8.42 Å². The van der Waals surface area contributed by atoms with E-state index in [0.717, 1.165) is 22.6 Å². The Bertz CT molecular complexity index is 2010. The summed E-state index contributed by atoms with van der Waals surface area (Å²) in [6.45, 7) is 8.70. The molecule has 0 spiro atoms. The van der Waals surface area contributed by atoms with Gasteiger partial charge in [0, 0.05) is 10.8 Å². The molecule has 6 aromatic carbocycles. The van der Waals surface area contributed by atoms with Gasteiger partial charge in [-0.05, 0) is 119 Å². The van der Waals surface area contributed by atoms with Crippen molar-refractivity contribution in [3.8, 4) is 34.5 Å². The summed E-state index contributed by atoms with van der Waals surface area (Å²) in [5.41, 5.74) is 4.19. The number of ether oxygens (including phenoxy) is 4. The van der Waals surface area contributed by atoms with Gasteiger partial charge in [0.05, 0.1) is 24.0 Å². The van der Waals surface area contributed by atoms with Gasteiger partial charge >= 0.3 is 0 Å². The minimum Gasteiger partial charge on any atom is -0.497 e. The third-order valence-corrected chi connectivity index (χ3v) is 11.3. The minimum atomic E-state index is -3.75. The second-order valence-electron chi connectivity index (χ2n) is 13.4. The Kier molecular flexibility index (Phi) is 9.95. The van der Waals surface area contributed by atoms with Gasteiger partial charge in [-0.2, -0.15) is 0 Å².